The van der Waals surface area contributed by atoms with E-state index in [-0.39, 0.29) is 24.8 Å². The summed E-state index contributed by atoms with van der Waals surface area (Å²) in [6.45, 7) is 1.58. The summed E-state index contributed by atoms with van der Waals surface area (Å²) in [5.74, 6) is -0.988. The van der Waals surface area contributed by atoms with Crippen molar-refractivity contribution in [1.29, 1.82) is 0 Å². The first-order valence-corrected chi connectivity index (χ1v) is 8.35. The summed E-state index contributed by atoms with van der Waals surface area (Å²) < 4.78 is 11.8. The number of carbonyl (C=O) groups excluding carboxylic acids is 2. The van der Waals surface area contributed by atoms with Gasteiger partial charge in [-0.05, 0) is 31.2 Å². The Hall–Kier alpha value is -3.68. The summed E-state index contributed by atoms with van der Waals surface area (Å²) in [4.78, 5) is 24.3. The molecule has 8 heteroatoms. The van der Waals surface area contributed by atoms with E-state index in [2.05, 4.69) is 15.6 Å². The predicted molar refractivity (Wildman–Crippen MR) is 97.9 cm³/mol. The average molecular weight is 366 g/mol. The lowest BCUT2D eigenvalue weighted by atomic mass is 10.3. The summed E-state index contributed by atoms with van der Waals surface area (Å²) in [5, 5.41) is 10.7. The van der Waals surface area contributed by atoms with Gasteiger partial charge in [-0.2, -0.15) is 4.68 Å². The number of anilines is 1. The van der Waals surface area contributed by atoms with Gasteiger partial charge in [0.1, 0.15) is 0 Å². The van der Waals surface area contributed by atoms with E-state index in [9.17, 15) is 9.59 Å². The van der Waals surface area contributed by atoms with Crippen LogP contribution in [0.25, 0.3) is 5.69 Å². The van der Waals surface area contributed by atoms with Gasteiger partial charge in [0.25, 0.3) is 11.8 Å². The van der Waals surface area contributed by atoms with Crippen molar-refractivity contribution in [3.05, 3.63) is 66.4 Å². The lowest BCUT2D eigenvalue weighted by Crippen LogP contribution is -2.19. The van der Waals surface area contributed by atoms with Gasteiger partial charge in [0, 0.05) is 5.69 Å². The number of nitrogens with zero attached hydrogens (tertiary/aromatic N) is 3. The molecule has 138 valence electrons. The second-order valence-corrected chi connectivity index (χ2v) is 5.40. The molecule has 0 atom stereocenters. The molecule has 0 saturated heterocycles. The van der Waals surface area contributed by atoms with Crippen LogP contribution < -0.4 is 10.1 Å². The molecule has 3 aromatic rings. The molecule has 0 radical (unpaired) electrons. The summed E-state index contributed by atoms with van der Waals surface area (Å²) in [6, 6.07) is 18.0. The molecule has 1 amide bonds. The smallest absolute Gasteiger partial charge is 0.344 e. The SMILES string of the molecule is CCOC(=O)COc1c(C(=O)Nc2ccccc2)nnn1-c1ccccc1. The molecule has 0 bridgehead atoms. The van der Waals surface area contributed by atoms with Gasteiger partial charge in [-0.3, -0.25) is 4.79 Å². The topological polar surface area (TPSA) is 95.3 Å². The number of aromatic nitrogens is 3. The predicted octanol–water partition coefficient (Wildman–Crippen LogP) is 2.46. The van der Waals surface area contributed by atoms with Gasteiger partial charge in [-0.1, -0.05) is 41.6 Å². The number of hydrogen-bond donors (Lipinski definition) is 1. The Morgan fingerprint density at radius 1 is 1.04 bits per heavy atom. The summed E-state index contributed by atoms with van der Waals surface area (Å²) in [7, 11) is 0. The second-order valence-electron chi connectivity index (χ2n) is 5.40. The van der Waals surface area contributed by atoms with Crippen molar-refractivity contribution >= 4 is 17.6 Å². The number of para-hydroxylation sites is 2. The lowest BCUT2D eigenvalue weighted by molar-refractivity contribution is -0.145. The van der Waals surface area contributed by atoms with Gasteiger partial charge in [0.2, 0.25) is 5.69 Å². The maximum atomic E-state index is 12.6. The largest absolute Gasteiger partial charge is 0.464 e. The zero-order valence-electron chi connectivity index (χ0n) is 14.7. The van der Waals surface area contributed by atoms with Crippen LogP contribution in [0.4, 0.5) is 5.69 Å². The standard InChI is InChI=1S/C19H18N4O4/c1-2-26-16(24)13-27-19-17(18(25)20-14-9-5-3-6-10-14)21-22-23(19)15-11-7-4-8-12-15/h3-12H,2,13H2,1H3,(H,20,25). The highest BCUT2D eigenvalue weighted by atomic mass is 16.6. The van der Waals surface area contributed by atoms with E-state index in [0.717, 1.165) is 0 Å². The van der Waals surface area contributed by atoms with E-state index in [4.69, 9.17) is 9.47 Å². The van der Waals surface area contributed by atoms with Crippen LogP contribution in [-0.4, -0.2) is 40.1 Å². The molecule has 1 heterocycles. The van der Waals surface area contributed by atoms with Gasteiger partial charge in [-0.15, -0.1) is 5.10 Å². The molecule has 0 spiro atoms. The van der Waals surface area contributed by atoms with Crippen molar-refractivity contribution < 1.29 is 19.1 Å². The number of rotatable bonds is 7. The highest BCUT2D eigenvalue weighted by molar-refractivity contribution is 6.04. The zero-order chi connectivity index (χ0) is 19.1. The van der Waals surface area contributed by atoms with Crippen LogP contribution in [0.15, 0.2) is 60.7 Å². The first-order valence-electron chi connectivity index (χ1n) is 8.35. The zero-order valence-corrected chi connectivity index (χ0v) is 14.7. The molecule has 27 heavy (non-hydrogen) atoms. The molecule has 0 aliphatic rings. The minimum Gasteiger partial charge on any atom is -0.464 e. The van der Waals surface area contributed by atoms with Crippen LogP contribution in [0.3, 0.4) is 0 Å². The van der Waals surface area contributed by atoms with Crippen molar-refractivity contribution in [2.75, 3.05) is 18.5 Å². The minimum absolute atomic E-state index is 0.0352. The fourth-order valence-electron chi connectivity index (χ4n) is 2.32. The molecule has 0 unspecified atom stereocenters. The van der Waals surface area contributed by atoms with Crippen molar-refractivity contribution in [3.8, 4) is 11.6 Å². The van der Waals surface area contributed by atoms with E-state index in [0.29, 0.717) is 11.4 Å². The number of nitrogens with one attached hydrogen (secondary N) is 1. The molecule has 3 rings (SSSR count). The normalized spacial score (nSPS) is 10.3. The van der Waals surface area contributed by atoms with E-state index in [1.165, 1.54) is 4.68 Å². The van der Waals surface area contributed by atoms with Gasteiger partial charge < -0.3 is 14.8 Å². The third-order valence-corrected chi connectivity index (χ3v) is 3.51. The Morgan fingerprint density at radius 3 is 2.37 bits per heavy atom. The minimum atomic E-state index is -0.548. The lowest BCUT2D eigenvalue weighted by Gasteiger charge is -2.10. The Balaban J connectivity index is 1.89. The van der Waals surface area contributed by atoms with Crippen molar-refractivity contribution in [1.82, 2.24) is 15.0 Å². The summed E-state index contributed by atoms with van der Waals surface area (Å²) >= 11 is 0. The van der Waals surface area contributed by atoms with E-state index >= 15 is 0 Å². The van der Waals surface area contributed by atoms with E-state index in [1.807, 2.05) is 24.3 Å². The third-order valence-electron chi connectivity index (χ3n) is 3.51. The molecule has 0 fully saturated rings. The Bertz CT molecular complexity index is 910. The molecule has 1 N–H and O–H groups in total. The fraction of sp³-hybridized carbons (Fsp3) is 0.158. The van der Waals surface area contributed by atoms with Crippen LogP contribution in [0.5, 0.6) is 5.88 Å². The first kappa shape index (κ1) is 18.1. The quantitative estimate of drug-likeness (QED) is 0.646. The second kappa shape index (κ2) is 8.61. The Morgan fingerprint density at radius 2 is 1.70 bits per heavy atom. The average Bonchev–Trinajstić information content (AvgIpc) is 3.12. The van der Waals surface area contributed by atoms with Crippen LogP contribution in [0.1, 0.15) is 17.4 Å². The number of hydrogen-bond acceptors (Lipinski definition) is 6. The van der Waals surface area contributed by atoms with Crippen LogP contribution in [0.2, 0.25) is 0 Å². The highest BCUT2D eigenvalue weighted by Gasteiger charge is 2.23. The number of carbonyl (C=O) groups is 2. The first-order chi connectivity index (χ1) is 13.2. The number of esters is 1. The molecule has 0 saturated carbocycles. The molecule has 1 aromatic heterocycles. The third kappa shape index (κ3) is 4.49. The molecule has 8 nitrogen and oxygen atoms in total. The molecular weight excluding hydrogens is 348 g/mol. The van der Waals surface area contributed by atoms with Crippen LogP contribution >= 0.6 is 0 Å². The fourth-order valence-corrected chi connectivity index (χ4v) is 2.32. The number of ether oxygens (including phenoxy) is 2. The molecular formula is C19H18N4O4. The molecule has 0 aliphatic heterocycles. The van der Waals surface area contributed by atoms with Crippen molar-refractivity contribution in [2.24, 2.45) is 0 Å². The molecule has 0 aliphatic carbocycles. The van der Waals surface area contributed by atoms with Gasteiger partial charge in [0.15, 0.2) is 6.61 Å². The van der Waals surface area contributed by atoms with Gasteiger partial charge in [0.05, 0.1) is 12.3 Å². The summed E-state index contributed by atoms with van der Waals surface area (Å²) in [5.41, 5.74) is 1.21. The highest BCUT2D eigenvalue weighted by Crippen LogP contribution is 2.22. The Kier molecular flexibility index (Phi) is 5.78. The van der Waals surface area contributed by atoms with Crippen LogP contribution in [-0.2, 0) is 9.53 Å². The number of benzene rings is 2. The van der Waals surface area contributed by atoms with Gasteiger partial charge >= 0.3 is 5.97 Å². The van der Waals surface area contributed by atoms with Crippen molar-refractivity contribution in [2.45, 2.75) is 6.92 Å². The monoisotopic (exact) mass is 366 g/mol. The van der Waals surface area contributed by atoms with E-state index in [1.54, 1.807) is 43.3 Å². The van der Waals surface area contributed by atoms with E-state index < -0.39 is 11.9 Å². The van der Waals surface area contributed by atoms with Crippen LogP contribution in [0, 0.1) is 0 Å². The van der Waals surface area contributed by atoms with Gasteiger partial charge in [-0.25, -0.2) is 4.79 Å². The maximum absolute atomic E-state index is 12.6. The maximum Gasteiger partial charge on any atom is 0.344 e. The number of amides is 1. The molecule has 2 aromatic carbocycles. The Labute approximate surface area is 155 Å². The summed E-state index contributed by atoms with van der Waals surface area (Å²) in [6.07, 6.45) is 0. The van der Waals surface area contributed by atoms with Crippen molar-refractivity contribution in [3.63, 3.8) is 0 Å².